The van der Waals surface area contributed by atoms with Crippen molar-refractivity contribution in [2.75, 3.05) is 11.1 Å². The molecule has 0 aliphatic carbocycles. The Kier molecular flexibility index (Phi) is 3.56. The van der Waals surface area contributed by atoms with Gasteiger partial charge in [-0.2, -0.15) is 0 Å². The van der Waals surface area contributed by atoms with E-state index in [4.69, 9.17) is 5.73 Å². The molecule has 0 radical (unpaired) electrons. The molecule has 0 aliphatic heterocycles. The molecule has 0 aromatic heterocycles. The smallest absolute Gasteiger partial charge is 0.125 e. The maximum absolute atomic E-state index is 13.0. The quantitative estimate of drug-likeness (QED) is 0.674. The predicted molar refractivity (Wildman–Crippen MR) is 86.0 cm³/mol. The summed E-state index contributed by atoms with van der Waals surface area (Å²) >= 11 is 0. The molecule has 0 unspecified atom stereocenters. The fraction of sp³-hybridized carbons (Fsp3) is 0. The molecule has 0 amide bonds. The van der Waals surface area contributed by atoms with Gasteiger partial charge in [0.05, 0.1) is 11.4 Å². The average Bonchev–Trinajstić information content (AvgIpc) is 2.52. The summed E-state index contributed by atoms with van der Waals surface area (Å²) in [6.45, 7) is 0. The third kappa shape index (κ3) is 3.03. The van der Waals surface area contributed by atoms with Crippen LogP contribution in [0.1, 0.15) is 0 Å². The molecule has 3 rings (SSSR count). The van der Waals surface area contributed by atoms with Crippen molar-refractivity contribution in [2.45, 2.75) is 0 Å². The van der Waals surface area contributed by atoms with Crippen LogP contribution in [0, 0.1) is 5.82 Å². The van der Waals surface area contributed by atoms with Crippen molar-refractivity contribution in [3.8, 4) is 11.1 Å². The number of hydrogen-bond acceptors (Lipinski definition) is 2. The van der Waals surface area contributed by atoms with Gasteiger partial charge >= 0.3 is 0 Å². The highest BCUT2D eigenvalue weighted by atomic mass is 19.1. The number of anilines is 3. The molecule has 0 spiro atoms. The van der Waals surface area contributed by atoms with Gasteiger partial charge in [-0.25, -0.2) is 4.39 Å². The summed E-state index contributed by atoms with van der Waals surface area (Å²) in [6, 6.07) is 22.5. The van der Waals surface area contributed by atoms with Crippen molar-refractivity contribution in [2.24, 2.45) is 0 Å². The second-order valence-corrected chi connectivity index (χ2v) is 4.80. The fourth-order valence-corrected chi connectivity index (χ4v) is 2.18. The zero-order chi connectivity index (χ0) is 14.7. The molecule has 3 heteroatoms. The van der Waals surface area contributed by atoms with E-state index in [9.17, 15) is 4.39 Å². The Morgan fingerprint density at radius 2 is 1.43 bits per heavy atom. The molecular formula is C18H15FN2. The van der Waals surface area contributed by atoms with Crippen LogP contribution in [0.25, 0.3) is 11.1 Å². The van der Waals surface area contributed by atoms with E-state index in [0.29, 0.717) is 11.4 Å². The number of hydrogen-bond donors (Lipinski definition) is 2. The van der Waals surface area contributed by atoms with Crippen LogP contribution in [0.5, 0.6) is 0 Å². The van der Waals surface area contributed by atoms with Gasteiger partial charge in [0.15, 0.2) is 0 Å². The average molecular weight is 278 g/mol. The van der Waals surface area contributed by atoms with Gasteiger partial charge in [-0.05, 0) is 41.5 Å². The van der Waals surface area contributed by atoms with E-state index < -0.39 is 0 Å². The summed E-state index contributed by atoms with van der Waals surface area (Å²) in [4.78, 5) is 0. The lowest BCUT2D eigenvalue weighted by molar-refractivity contribution is 0.628. The van der Waals surface area contributed by atoms with E-state index in [1.807, 2.05) is 42.5 Å². The molecular weight excluding hydrogens is 263 g/mol. The van der Waals surface area contributed by atoms with Gasteiger partial charge in [0.2, 0.25) is 0 Å². The Balaban J connectivity index is 1.81. The number of nitrogens with two attached hydrogens (primary N) is 1. The molecule has 3 aromatic rings. The Morgan fingerprint density at radius 1 is 0.762 bits per heavy atom. The van der Waals surface area contributed by atoms with E-state index in [2.05, 4.69) is 17.4 Å². The van der Waals surface area contributed by atoms with E-state index >= 15 is 0 Å². The molecule has 3 aromatic carbocycles. The summed E-state index contributed by atoms with van der Waals surface area (Å²) in [5, 5.41) is 3.19. The van der Waals surface area contributed by atoms with Crippen LogP contribution in [0.15, 0.2) is 72.8 Å². The van der Waals surface area contributed by atoms with E-state index in [1.165, 1.54) is 17.7 Å². The first-order valence-electron chi connectivity index (χ1n) is 6.70. The highest BCUT2D eigenvalue weighted by molar-refractivity contribution is 5.74. The molecule has 0 heterocycles. The lowest BCUT2D eigenvalue weighted by Crippen LogP contribution is -1.96. The van der Waals surface area contributed by atoms with Crippen LogP contribution in [-0.4, -0.2) is 0 Å². The van der Waals surface area contributed by atoms with Crippen LogP contribution in [0.4, 0.5) is 21.5 Å². The minimum atomic E-state index is -0.336. The maximum Gasteiger partial charge on any atom is 0.125 e. The van der Waals surface area contributed by atoms with Crippen LogP contribution in [-0.2, 0) is 0 Å². The lowest BCUT2D eigenvalue weighted by Gasteiger charge is -2.10. The highest BCUT2D eigenvalue weighted by Crippen LogP contribution is 2.26. The minimum absolute atomic E-state index is 0.336. The first-order valence-corrected chi connectivity index (χ1v) is 6.70. The first kappa shape index (κ1) is 13.2. The maximum atomic E-state index is 13.0. The van der Waals surface area contributed by atoms with E-state index in [0.717, 1.165) is 11.3 Å². The van der Waals surface area contributed by atoms with Crippen molar-refractivity contribution in [1.82, 2.24) is 0 Å². The van der Waals surface area contributed by atoms with Crippen LogP contribution in [0.2, 0.25) is 0 Å². The summed E-state index contributed by atoms with van der Waals surface area (Å²) in [6.07, 6.45) is 0. The largest absolute Gasteiger partial charge is 0.397 e. The predicted octanol–water partition coefficient (Wildman–Crippen LogP) is 4.82. The molecule has 2 nitrogen and oxygen atoms in total. The summed E-state index contributed by atoms with van der Waals surface area (Å²) in [5.74, 6) is -0.336. The van der Waals surface area contributed by atoms with Gasteiger partial charge in [0, 0.05) is 5.69 Å². The third-order valence-electron chi connectivity index (χ3n) is 3.28. The van der Waals surface area contributed by atoms with Gasteiger partial charge in [0.1, 0.15) is 5.82 Å². The molecule has 3 N–H and O–H groups in total. The summed E-state index contributed by atoms with van der Waals surface area (Å²) in [7, 11) is 0. The monoisotopic (exact) mass is 278 g/mol. The molecule has 0 bridgehead atoms. The summed E-state index contributed by atoms with van der Waals surface area (Å²) in [5.41, 5.74) is 10.1. The van der Waals surface area contributed by atoms with E-state index in [-0.39, 0.29) is 5.82 Å². The first-order chi connectivity index (χ1) is 10.2. The molecule has 104 valence electrons. The van der Waals surface area contributed by atoms with Crippen molar-refractivity contribution in [3.63, 3.8) is 0 Å². The number of nitrogen functional groups attached to an aromatic ring is 1. The number of nitrogens with one attached hydrogen (secondary N) is 1. The van der Waals surface area contributed by atoms with E-state index in [1.54, 1.807) is 6.07 Å². The highest BCUT2D eigenvalue weighted by Gasteiger charge is 2.02. The van der Waals surface area contributed by atoms with Gasteiger partial charge in [-0.1, -0.05) is 42.5 Å². The standard InChI is InChI=1S/C18H15FN2/c19-15-8-11-18(17(20)12-15)21-16-9-6-14(7-10-16)13-4-2-1-3-5-13/h1-12,21H,20H2. The molecule has 0 aliphatic rings. The number of rotatable bonds is 3. The Hall–Kier alpha value is -2.81. The third-order valence-corrected chi connectivity index (χ3v) is 3.28. The summed E-state index contributed by atoms with van der Waals surface area (Å²) < 4.78 is 13.0. The van der Waals surface area contributed by atoms with Crippen molar-refractivity contribution < 1.29 is 4.39 Å². The normalized spacial score (nSPS) is 10.3. The van der Waals surface area contributed by atoms with Crippen LogP contribution in [0.3, 0.4) is 0 Å². The zero-order valence-electron chi connectivity index (χ0n) is 11.4. The molecule has 0 atom stereocenters. The second kappa shape index (κ2) is 5.67. The van der Waals surface area contributed by atoms with Crippen molar-refractivity contribution >= 4 is 17.1 Å². The topological polar surface area (TPSA) is 38.0 Å². The van der Waals surface area contributed by atoms with Gasteiger partial charge in [-0.15, -0.1) is 0 Å². The van der Waals surface area contributed by atoms with Gasteiger partial charge < -0.3 is 11.1 Å². The SMILES string of the molecule is Nc1cc(F)ccc1Nc1ccc(-c2ccccc2)cc1. The van der Waals surface area contributed by atoms with Crippen LogP contribution >= 0.6 is 0 Å². The molecule has 0 saturated carbocycles. The Labute approximate surface area is 123 Å². The second-order valence-electron chi connectivity index (χ2n) is 4.80. The zero-order valence-corrected chi connectivity index (χ0v) is 11.4. The van der Waals surface area contributed by atoms with Gasteiger partial charge in [0.25, 0.3) is 0 Å². The minimum Gasteiger partial charge on any atom is -0.397 e. The lowest BCUT2D eigenvalue weighted by atomic mass is 10.1. The van der Waals surface area contributed by atoms with Gasteiger partial charge in [-0.3, -0.25) is 0 Å². The van der Waals surface area contributed by atoms with Crippen LogP contribution < -0.4 is 11.1 Å². The molecule has 21 heavy (non-hydrogen) atoms. The fourth-order valence-electron chi connectivity index (χ4n) is 2.18. The number of benzene rings is 3. The molecule has 0 fully saturated rings. The van der Waals surface area contributed by atoms with Crippen molar-refractivity contribution in [1.29, 1.82) is 0 Å². The molecule has 0 saturated heterocycles. The Bertz CT molecular complexity index is 737. The van der Waals surface area contributed by atoms with Crippen molar-refractivity contribution in [3.05, 3.63) is 78.6 Å². The number of halogens is 1. The Morgan fingerprint density at radius 3 is 2.10 bits per heavy atom.